The molecular weight excluding hydrogens is 366 g/mol. The second-order valence-corrected chi connectivity index (χ2v) is 6.78. The van der Waals surface area contributed by atoms with Crippen molar-refractivity contribution in [2.45, 2.75) is 6.42 Å². The molecular formula is C18H14N5O3S+. The van der Waals surface area contributed by atoms with Gasteiger partial charge in [-0.15, -0.1) is 0 Å². The molecule has 3 N–H and O–H groups in total. The lowest BCUT2D eigenvalue weighted by atomic mass is 10.1. The summed E-state index contributed by atoms with van der Waals surface area (Å²) in [5.41, 5.74) is 2.98. The van der Waals surface area contributed by atoms with Crippen LogP contribution in [0.3, 0.4) is 0 Å². The fraction of sp³-hybridized carbons (Fsp3) is 0.0556. The summed E-state index contributed by atoms with van der Waals surface area (Å²) in [6.07, 6.45) is 1.98. The molecule has 0 aliphatic heterocycles. The number of anilines is 1. The molecule has 27 heavy (non-hydrogen) atoms. The van der Waals surface area contributed by atoms with Gasteiger partial charge in [-0.05, 0) is 23.8 Å². The fourth-order valence-corrected chi connectivity index (χ4v) is 3.31. The Balaban J connectivity index is 1.47. The molecule has 0 unspecified atom stereocenters. The summed E-state index contributed by atoms with van der Waals surface area (Å²) in [7, 11) is 0. The van der Waals surface area contributed by atoms with Gasteiger partial charge in [0, 0.05) is 17.8 Å². The van der Waals surface area contributed by atoms with Crippen LogP contribution in [0, 0.1) is 10.1 Å². The number of nitrogens with one attached hydrogen (secondary N) is 3. The Kier molecular flexibility index (Phi) is 4.35. The van der Waals surface area contributed by atoms with E-state index in [4.69, 9.17) is 0 Å². The first-order chi connectivity index (χ1) is 13.1. The number of nitro groups is 1. The minimum absolute atomic E-state index is 0.00245. The molecule has 9 heteroatoms. The van der Waals surface area contributed by atoms with Gasteiger partial charge in [0.25, 0.3) is 5.69 Å². The van der Waals surface area contributed by atoms with Crippen LogP contribution in [-0.4, -0.2) is 20.8 Å². The summed E-state index contributed by atoms with van der Waals surface area (Å²) in [4.78, 5) is 33.3. The predicted octanol–water partition coefficient (Wildman–Crippen LogP) is 3.19. The van der Waals surface area contributed by atoms with Gasteiger partial charge in [-0.25, -0.2) is 4.98 Å². The molecule has 134 valence electrons. The highest BCUT2D eigenvalue weighted by atomic mass is 32.1. The molecule has 0 saturated heterocycles. The lowest BCUT2D eigenvalue weighted by molar-refractivity contribution is -0.384. The van der Waals surface area contributed by atoms with Gasteiger partial charge in [0.2, 0.25) is 11.7 Å². The van der Waals surface area contributed by atoms with Crippen LogP contribution >= 0.6 is 11.3 Å². The van der Waals surface area contributed by atoms with Gasteiger partial charge < -0.3 is 10.3 Å². The van der Waals surface area contributed by atoms with Crippen LogP contribution in [0.2, 0.25) is 0 Å². The van der Waals surface area contributed by atoms with Gasteiger partial charge in [0.05, 0.1) is 27.8 Å². The first kappa shape index (κ1) is 16.9. The maximum atomic E-state index is 12.3. The molecule has 4 aromatic rings. The number of imidazole rings is 1. The molecule has 2 aromatic heterocycles. The maximum Gasteiger partial charge on any atom is 0.303 e. The molecule has 0 spiro atoms. The van der Waals surface area contributed by atoms with E-state index in [1.807, 2.05) is 23.7 Å². The number of aromatic amines is 2. The van der Waals surface area contributed by atoms with Gasteiger partial charge in [0.1, 0.15) is 0 Å². The topological polar surface area (TPSA) is 115 Å². The van der Waals surface area contributed by atoms with E-state index in [1.54, 1.807) is 29.5 Å². The van der Waals surface area contributed by atoms with E-state index in [0.29, 0.717) is 11.3 Å². The van der Waals surface area contributed by atoms with E-state index in [-0.39, 0.29) is 18.0 Å². The van der Waals surface area contributed by atoms with Crippen LogP contribution in [0.25, 0.3) is 21.9 Å². The third kappa shape index (κ3) is 3.67. The van der Waals surface area contributed by atoms with Crippen molar-refractivity contribution in [1.29, 1.82) is 0 Å². The number of hydrogen-bond donors (Lipinski definition) is 2. The zero-order valence-corrected chi connectivity index (χ0v) is 14.7. The van der Waals surface area contributed by atoms with Crippen LogP contribution < -0.4 is 10.3 Å². The van der Waals surface area contributed by atoms with Gasteiger partial charge in [-0.2, -0.15) is 4.98 Å². The van der Waals surface area contributed by atoms with Crippen LogP contribution in [0.15, 0.2) is 54.0 Å². The first-order valence-electron chi connectivity index (χ1n) is 8.07. The first-order valence-corrected chi connectivity index (χ1v) is 8.95. The lowest BCUT2D eigenvalue weighted by Crippen LogP contribution is -2.14. The number of aromatic nitrogens is 3. The van der Waals surface area contributed by atoms with Crippen molar-refractivity contribution in [3.05, 3.63) is 69.7 Å². The number of non-ortho nitro benzene ring substituents is 1. The van der Waals surface area contributed by atoms with E-state index in [1.165, 1.54) is 12.1 Å². The van der Waals surface area contributed by atoms with Crippen molar-refractivity contribution in [3.63, 3.8) is 0 Å². The minimum atomic E-state index is -0.467. The van der Waals surface area contributed by atoms with Gasteiger partial charge in [0.15, 0.2) is 6.20 Å². The van der Waals surface area contributed by atoms with Crippen molar-refractivity contribution in [1.82, 2.24) is 9.97 Å². The number of benzene rings is 2. The SMILES string of the molecule is O=C(Cc1ccc([N+](=O)[O-])cc1)Nc1ccc2nc(-c3[nH+]ccs3)[nH]c2c1. The number of thiazole rings is 1. The summed E-state index contributed by atoms with van der Waals surface area (Å²) in [5.74, 6) is 0.545. The van der Waals surface area contributed by atoms with E-state index in [9.17, 15) is 14.9 Å². The Hall–Kier alpha value is -3.59. The van der Waals surface area contributed by atoms with E-state index >= 15 is 0 Å². The second-order valence-electron chi connectivity index (χ2n) is 5.86. The Bertz CT molecular complexity index is 1120. The lowest BCUT2D eigenvalue weighted by Gasteiger charge is -2.05. The number of rotatable bonds is 5. The summed E-state index contributed by atoms with van der Waals surface area (Å²) in [6.45, 7) is 0. The number of fused-ring (bicyclic) bond motifs is 1. The monoisotopic (exact) mass is 380 g/mol. The predicted molar refractivity (Wildman–Crippen MR) is 101 cm³/mol. The number of nitro benzene ring substituents is 1. The van der Waals surface area contributed by atoms with Crippen LogP contribution in [0.4, 0.5) is 11.4 Å². The normalized spacial score (nSPS) is 10.8. The molecule has 0 fully saturated rings. The molecule has 0 atom stereocenters. The third-order valence-corrected chi connectivity index (χ3v) is 4.78. The van der Waals surface area contributed by atoms with Crippen molar-refractivity contribution in [3.8, 4) is 10.8 Å². The molecule has 0 aliphatic rings. The number of carbonyl (C=O) groups excluding carboxylic acids is 1. The number of amides is 1. The number of carbonyl (C=O) groups is 1. The second kappa shape index (κ2) is 6.96. The standard InChI is InChI=1S/C18H13N5O3S/c24-16(9-11-1-4-13(5-2-11)23(25)26)20-12-3-6-14-15(10-12)22-17(21-14)18-19-7-8-27-18/h1-8,10H,9H2,(H,20,24)(H,21,22)/p+1. The molecule has 2 aromatic carbocycles. The fourth-order valence-electron chi connectivity index (χ4n) is 2.69. The highest BCUT2D eigenvalue weighted by Crippen LogP contribution is 2.23. The summed E-state index contributed by atoms with van der Waals surface area (Å²) >= 11 is 1.55. The molecule has 0 aliphatic carbocycles. The van der Waals surface area contributed by atoms with Crippen LogP contribution in [0.1, 0.15) is 5.56 Å². The molecule has 0 bridgehead atoms. The molecule has 8 nitrogen and oxygen atoms in total. The number of hydrogen-bond acceptors (Lipinski definition) is 5. The smallest absolute Gasteiger partial charge is 0.303 e. The zero-order valence-electron chi connectivity index (χ0n) is 13.9. The number of nitrogens with zero attached hydrogens (tertiary/aromatic N) is 2. The van der Waals surface area contributed by atoms with Crippen molar-refractivity contribution < 1.29 is 14.7 Å². The van der Waals surface area contributed by atoms with Crippen LogP contribution in [0.5, 0.6) is 0 Å². The third-order valence-electron chi connectivity index (χ3n) is 3.96. The Morgan fingerprint density at radius 2 is 2.07 bits per heavy atom. The van der Waals surface area contributed by atoms with Gasteiger partial charge in [-0.1, -0.05) is 23.5 Å². The highest BCUT2D eigenvalue weighted by molar-refractivity contribution is 7.12. The average molecular weight is 380 g/mol. The quantitative estimate of drug-likeness (QED) is 0.408. The molecule has 4 rings (SSSR count). The average Bonchev–Trinajstić information content (AvgIpc) is 3.31. The number of H-pyrrole nitrogens is 2. The summed E-state index contributed by atoms with van der Waals surface area (Å²) in [5, 5.41) is 16.4. The maximum absolute atomic E-state index is 12.3. The largest absolute Gasteiger partial charge is 0.332 e. The molecule has 1 amide bonds. The van der Waals surface area contributed by atoms with E-state index in [2.05, 4.69) is 20.3 Å². The van der Waals surface area contributed by atoms with E-state index in [0.717, 1.165) is 21.9 Å². The highest BCUT2D eigenvalue weighted by Gasteiger charge is 2.13. The zero-order chi connectivity index (χ0) is 18.8. The van der Waals surface area contributed by atoms with Gasteiger partial charge >= 0.3 is 5.01 Å². The minimum Gasteiger partial charge on any atom is -0.332 e. The Morgan fingerprint density at radius 1 is 1.26 bits per heavy atom. The van der Waals surface area contributed by atoms with Crippen LogP contribution in [-0.2, 0) is 11.2 Å². The Labute approximate surface area is 157 Å². The molecule has 2 heterocycles. The summed E-state index contributed by atoms with van der Waals surface area (Å²) < 4.78 is 0. The van der Waals surface area contributed by atoms with E-state index < -0.39 is 4.92 Å². The molecule has 0 saturated carbocycles. The summed E-state index contributed by atoms with van der Waals surface area (Å²) in [6, 6.07) is 11.4. The van der Waals surface area contributed by atoms with Gasteiger partial charge in [-0.3, -0.25) is 14.9 Å². The molecule has 0 radical (unpaired) electrons. The van der Waals surface area contributed by atoms with Crippen molar-refractivity contribution in [2.24, 2.45) is 0 Å². The van der Waals surface area contributed by atoms with Crippen molar-refractivity contribution >= 4 is 39.7 Å². The van der Waals surface area contributed by atoms with Crippen molar-refractivity contribution in [2.75, 3.05) is 5.32 Å². The Morgan fingerprint density at radius 3 is 2.78 bits per heavy atom.